The maximum absolute atomic E-state index is 15.2. The molecule has 0 spiro atoms. The van der Waals surface area contributed by atoms with Crippen molar-refractivity contribution in [1.82, 2.24) is 4.98 Å². The van der Waals surface area contributed by atoms with Crippen LogP contribution in [0.15, 0.2) is 66.9 Å². The molecule has 2 aliphatic rings. The third kappa shape index (κ3) is 6.28. The summed E-state index contributed by atoms with van der Waals surface area (Å²) >= 11 is 0. The second-order valence-electron chi connectivity index (χ2n) is 11.3. The lowest BCUT2D eigenvalue weighted by atomic mass is 10.0. The number of anilines is 2. The highest BCUT2D eigenvalue weighted by molar-refractivity contribution is 6.16. The molecule has 0 radical (unpaired) electrons. The van der Waals surface area contributed by atoms with Crippen molar-refractivity contribution in [3.05, 3.63) is 78.5 Å². The highest BCUT2D eigenvalue weighted by Crippen LogP contribution is 2.48. The molecule has 228 valence electrons. The fraction of sp³-hybridized carbons (Fsp3) is 0.303. The number of fused-ring (bicyclic) bond motifs is 1. The van der Waals surface area contributed by atoms with Crippen LogP contribution in [0.5, 0.6) is 23.0 Å². The summed E-state index contributed by atoms with van der Waals surface area (Å²) in [6, 6.07) is 14.3. The Bertz CT molecular complexity index is 1720. The Kier molecular flexibility index (Phi) is 7.81. The first-order chi connectivity index (χ1) is 21.2. The Balaban J connectivity index is 1.12. The number of carbonyl (C=O) groups is 2. The first-order valence-electron chi connectivity index (χ1n) is 14.4. The summed E-state index contributed by atoms with van der Waals surface area (Å²) in [5, 5.41) is 15.9. The van der Waals surface area contributed by atoms with Gasteiger partial charge in [0.1, 0.15) is 17.0 Å². The fourth-order valence-corrected chi connectivity index (χ4v) is 4.96. The van der Waals surface area contributed by atoms with Crippen LogP contribution < -0.4 is 24.8 Å². The number of benzene rings is 3. The number of rotatable bonds is 12. The molecular weight excluding hydrogens is 572 g/mol. The fourth-order valence-electron chi connectivity index (χ4n) is 4.96. The third-order valence-electron chi connectivity index (χ3n) is 7.99. The lowest BCUT2D eigenvalue weighted by Crippen LogP contribution is -2.35. The SMILES string of the molecule is COc1cc2c(Oc3ccc(NC(=O)C4(C(=O)Nc5ccc(F)cc5)CC4)cc3F)ccnc2cc1OCCCC1(O)CC1. The predicted octanol–water partition coefficient (Wildman–Crippen LogP) is 6.36. The van der Waals surface area contributed by atoms with Crippen molar-refractivity contribution in [2.75, 3.05) is 24.4 Å². The number of pyridine rings is 1. The van der Waals surface area contributed by atoms with E-state index in [1.54, 1.807) is 18.2 Å². The van der Waals surface area contributed by atoms with Crippen molar-refractivity contribution in [3.63, 3.8) is 0 Å². The molecule has 11 heteroatoms. The molecule has 0 aliphatic heterocycles. The number of ether oxygens (including phenoxy) is 3. The molecule has 6 rings (SSSR count). The summed E-state index contributed by atoms with van der Waals surface area (Å²) in [5.41, 5.74) is -0.728. The first kappa shape index (κ1) is 29.3. The summed E-state index contributed by atoms with van der Waals surface area (Å²) in [6.45, 7) is 0.411. The van der Waals surface area contributed by atoms with Gasteiger partial charge in [-0.1, -0.05) is 0 Å². The summed E-state index contributed by atoms with van der Waals surface area (Å²) in [4.78, 5) is 30.2. The van der Waals surface area contributed by atoms with Crippen LogP contribution in [0.3, 0.4) is 0 Å². The van der Waals surface area contributed by atoms with E-state index >= 15 is 4.39 Å². The molecule has 4 aromatic rings. The smallest absolute Gasteiger partial charge is 0.240 e. The van der Waals surface area contributed by atoms with Crippen molar-refractivity contribution in [2.45, 2.75) is 44.1 Å². The van der Waals surface area contributed by atoms with E-state index in [9.17, 15) is 19.1 Å². The molecule has 0 unspecified atom stereocenters. The largest absolute Gasteiger partial charge is 0.493 e. The maximum atomic E-state index is 15.2. The molecular formula is C33H31F2N3O6. The Hall–Kier alpha value is -4.77. The van der Waals surface area contributed by atoms with Gasteiger partial charge in [-0.25, -0.2) is 8.78 Å². The average Bonchev–Trinajstić information content (AvgIpc) is 3.95. The minimum absolute atomic E-state index is 0.0806. The zero-order valence-corrected chi connectivity index (χ0v) is 24.0. The number of aromatic nitrogens is 1. The maximum Gasteiger partial charge on any atom is 0.240 e. The normalized spacial score (nSPS) is 15.7. The van der Waals surface area contributed by atoms with Gasteiger partial charge in [0.25, 0.3) is 0 Å². The van der Waals surface area contributed by atoms with Gasteiger partial charge >= 0.3 is 0 Å². The molecule has 1 aromatic heterocycles. The molecule has 9 nitrogen and oxygen atoms in total. The average molecular weight is 604 g/mol. The van der Waals surface area contributed by atoms with E-state index in [0.29, 0.717) is 66.1 Å². The van der Waals surface area contributed by atoms with Crippen LogP contribution in [-0.2, 0) is 9.59 Å². The summed E-state index contributed by atoms with van der Waals surface area (Å²) in [6.07, 6.45) is 5.26. The Morgan fingerprint density at radius 3 is 2.23 bits per heavy atom. The quantitative estimate of drug-likeness (QED) is 0.127. The second-order valence-corrected chi connectivity index (χ2v) is 11.3. The van der Waals surface area contributed by atoms with E-state index < -0.39 is 34.5 Å². The lowest BCUT2D eigenvalue weighted by molar-refractivity contribution is -0.131. The van der Waals surface area contributed by atoms with E-state index in [4.69, 9.17) is 14.2 Å². The number of carbonyl (C=O) groups excluding carboxylic acids is 2. The molecule has 2 amide bonds. The molecule has 0 atom stereocenters. The predicted molar refractivity (Wildman–Crippen MR) is 159 cm³/mol. The molecule has 3 aromatic carbocycles. The number of nitrogens with one attached hydrogen (secondary N) is 2. The minimum atomic E-state index is -1.28. The van der Waals surface area contributed by atoms with Gasteiger partial charge in [0, 0.05) is 35.1 Å². The van der Waals surface area contributed by atoms with Gasteiger partial charge in [-0.15, -0.1) is 0 Å². The van der Waals surface area contributed by atoms with Gasteiger partial charge in [0.15, 0.2) is 23.1 Å². The van der Waals surface area contributed by atoms with Gasteiger partial charge in [-0.05, 0) is 87.1 Å². The Morgan fingerprint density at radius 1 is 0.864 bits per heavy atom. The van der Waals surface area contributed by atoms with E-state index in [1.165, 1.54) is 49.7 Å². The number of halogens is 2. The van der Waals surface area contributed by atoms with Crippen molar-refractivity contribution in [1.29, 1.82) is 0 Å². The lowest BCUT2D eigenvalue weighted by Gasteiger charge is -2.16. The molecule has 3 N–H and O–H groups in total. The summed E-state index contributed by atoms with van der Waals surface area (Å²) in [5.74, 6) is -1.02. The number of hydrogen-bond acceptors (Lipinski definition) is 7. The second kappa shape index (κ2) is 11.7. The van der Waals surface area contributed by atoms with Gasteiger partial charge in [-0.3, -0.25) is 14.6 Å². The van der Waals surface area contributed by atoms with Crippen molar-refractivity contribution < 1.29 is 37.7 Å². The summed E-state index contributed by atoms with van der Waals surface area (Å²) < 4.78 is 45.7. The van der Waals surface area contributed by atoms with Gasteiger partial charge in [0.05, 0.1) is 24.8 Å². The molecule has 44 heavy (non-hydrogen) atoms. The molecule has 2 aliphatic carbocycles. The minimum Gasteiger partial charge on any atom is -0.493 e. The number of hydrogen-bond donors (Lipinski definition) is 3. The molecule has 0 bridgehead atoms. The highest BCUT2D eigenvalue weighted by Gasteiger charge is 2.56. The third-order valence-corrected chi connectivity index (χ3v) is 7.99. The summed E-state index contributed by atoms with van der Waals surface area (Å²) in [7, 11) is 1.52. The van der Waals surface area contributed by atoms with E-state index in [1.807, 2.05) is 0 Å². The highest BCUT2D eigenvalue weighted by atomic mass is 19.1. The molecule has 1 heterocycles. The van der Waals surface area contributed by atoms with Crippen LogP contribution in [0.4, 0.5) is 20.2 Å². The topological polar surface area (TPSA) is 119 Å². The van der Waals surface area contributed by atoms with Crippen LogP contribution in [0.25, 0.3) is 10.9 Å². The van der Waals surface area contributed by atoms with Crippen LogP contribution in [0.1, 0.15) is 38.5 Å². The van der Waals surface area contributed by atoms with Crippen molar-refractivity contribution >= 4 is 34.1 Å². The number of methoxy groups -OCH3 is 1. The number of aliphatic hydroxyl groups is 1. The Labute approximate surface area is 252 Å². The van der Waals surface area contributed by atoms with Crippen LogP contribution in [-0.4, -0.2) is 41.2 Å². The monoisotopic (exact) mass is 603 g/mol. The van der Waals surface area contributed by atoms with Crippen LogP contribution >= 0.6 is 0 Å². The first-order valence-corrected chi connectivity index (χ1v) is 14.4. The van der Waals surface area contributed by atoms with E-state index in [2.05, 4.69) is 15.6 Å². The Morgan fingerprint density at radius 2 is 1.57 bits per heavy atom. The van der Waals surface area contributed by atoms with Crippen LogP contribution in [0.2, 0.25) is 0 Å². The molecule has 2 fully saturated rings. The van der Waals surface area contributed by atoms with Crippen molar-refractivity contribution in [2.24, 2.45) is 5.41 Å². The van der Waals surface area contributed by atoms with Gasteiger partial charge < -0.3 is 30.0 Å². The number of nitrogens with zero attached hydrogens (tertiary/aromatic N) is 1. The molecule has 2 saturated carbocycles. The van der Waals surface area contributed by atoms with Crippen molar-refractivity contribution in [3.8, 4) is 23.0 Å². The zero-order valence-electron chi connectivity index (χ0n) is 24.0. The van der Waals surface area contributed by atoms with Crippen LogP contribution in [0, 0.1) is 17.0 Å². The number of amides is 2. The van der Waals surface area contributed by atoms with E-state index in [0.717, 1.165) is 18.9 Å². The standard InChI is InChI=1S/C33H31F2N3O6/c1-42-28-18-23-25(19-29(28)43-16-2-10-32(41)11-12-32)36-15-9-26(23)44-27-8-7-22(17-24(27)35)38-31(40)33(13-14-33)30(39)37-21-5-3-20(34)4-6-21/h3-9,15,17-19,41H,2,10-14,16H2,1H3,(H,37,39)(H,38,40). The molecule has 0 saturated heterocycles. The zero-order chi connectivity index (χ0) is 30.9. The van der Waals surface area contributed by atoms with E-state index in [-0.39, 0.29) is 11.4 Å². The van der Waals surface area contributed by atoms with Gasteiger partial charge in [0.2, 0.25) is 11.8 Å². The van der Waals surface area contributed by atoms with Gasteiger partial charge in [-0.2, -0.15) is 0 Å².